The number of piperidine rings is 1. The van der Waals surface area contributed by atoms with E-state index in [2.05, 4.69) is 34.3 Å². The van der Waals surface area contributed by atoms with Crippen LogP contribution in [0.25, 0.3) is 11.1 Å². The fraction of sp³-hybridized carbons (Fsp3) is 0.550. The van der Waals surface area contributed by atoms with E-state index in [1.54, 1.807) is 8.99 Å². The Kier molecular flexibility index (Phi) is 5.82. The quantitative estimate of drug-likeness (QED) is 0.759. The van der Waals surface area contributed by atoms with Crippen molar-refractivity contribution in [3.05, 3.63) is 42.2 Å². The molecule has 0 amide bonds. The lowest BCUT2D eigenvalue weighted by Gasteiger charge is -2.36. The molecule has 0 saturated carbocycles. The Bertz CT molecular complexity index is 888. The molecule has 0 bridgehead atoms. The number of morpholine rings is 1. The molecule has 1 unspecified atom stereocenters. The van der Waals surface area contributed by atoms with Gasteiger partial charge >= 0.3 is 0 Å². The SMILES string of the molecule is Cn1cc(-c2ccc(CN3CCCC(S(=O)(=O)N4CCOCC4)C3)cc2)cn1. The van der Waals surface area contributed by atoms with Crippen molar-refractivity contribution in [3.8, 4) is 11.1 Å². The predicted octanol–water partition coefficient (Wildman–Crippen LogP) is 1.71. The summed E-state index contributed by atoms with van der Waals surface area (Å²) in [5, 5.41) is 3.91. The van der Waals surface area contributed by atoms with Gasteiger partial charge in [0, 0.05) is 45.0 Å². The van der Waals surface area contributed by atoms with Crippen molar-refractivity contribution in [2.24, 2.45) is 7.05 Å². The van der Waals surface area contributed by atoms with Gasteiger partial charge in [-0.1, -0.05) is 24.3 Å². The van der Waals surface area contributed by atoms with Crippen LogP contribution in [0.5, 0.6) is 0 Å². The fourth-order valence-electron chi connectivity index (χ4n) is 4.04. The molecule has 0 N–H and O–H groups in total. The largest absolute Gasteiger partial charge is 0.379 e. The van der Waals surface area contributed by atoms with Gasteiger partial charge in [-0.3, -0.25) is 9.58 Å². The van der Waals surface area contributed by atoms with Gasteiger partial charge < -0.3 is 4.74 Å². The third kappa shape index (κ3) is 4.30. The molecule has 7 nitrogen and oxygen atoms in total. The van der Waals surface area contributed by atoms with Gasteiger partial charge in [0.25, 0.3) is 0 Å². The number of aryl methyl sites for hydroxylation is 1. The van der Waals surface area contributed by atoms with Gasteiger partial charge in [0.15, 0.2) is 0 Å². The highest BCUT2D eigenvalue weighted by Gasteiger charge is 2.35. The maximum absolute atomic E-state index is 13.0. The molecular weight excluding hydrogens is 376 g/mol. The predicted molar refractivity (Wildman–Crippen MR) is 108 cm³/mol. The van der Waals surface area contributed by atoms with Gasteiger partial charge in [-0.25, -0.2) is 8.42 Å². The molecule has 4 rings (SSSR count). The third-order valence-corrected chi connectivity index (χ3v) is 7.92. The lowest BCUT2D eigenvalue weighted by molar-refractivity contribution is 0.0719. The molecule has 2 fully saturated rings. The molecule has 8 heteroatoms. The molecule has 2 saturated heterocycles. The molecule has 1 atom stereocenters. The molecule has 152 valence electrons. The van der Waals surface area contributed by atoms with Crippen molar-refractivity contribution >= 4 is 10.0 Å². The molecular formula is C20H28N4O3S. The van der Waals surface area contributed by atoms with Crippen molar-refractivity contribution in [1.82, 2.24) is 19.0 Å². The Morgan fingerprint density at radius 2 is 1.86 bits per heavy atom. The van der Waals surface area contributed by atoms with Crippen molar-refractivity contribution < 1.29 is 13.2 Å². The standard InChI is InChI=1S/C20H28N4O3S/c1-22-15-19(13-21-22)18-6-4-17(5-7-18)14-23-8-2-3-20(16-23)28(25,26)24-9-11-27-12-10-24/h4-7,13,15,20H,2-3,8-12,14,16H2,1H3. The smallest absolute Gasteiger partial charge is 0.218 e. The van der Waals surface area contributed by atoms with Crippen LogP contribution in [-0.2, 0) is 28.4 Å². The monoisotopic (exact) mass is 404 g/mol. The van der Waals surface area contributed by atoms with Crippen LogP contribution in [0.3, 0.4) is 0 Å². The summed E-state index contributed by atoms with van der Waals surface area (Å²) in [6, 6.07) is 8.47. The zero-order valence-corrected chi connectivity index (χ0v) is 17.1. The third-order valence-electron chi connectivity index (χ3n) is 5.61. The lowest BCUT2D eigenvalue weighted by Crippen LogP contribution is -2.50. The van der Waals surface area contributed by atoms with Gasteiger partial charge in [0.05, 0.1) is 24.7 Å². The first-order chi connectivity index (χ1) is 13.5. The van der Waals surface area contributed by atoms with E-state index in [0.29, 0.717) is 32.8 Å². The molecule has 3 heterocycles. The van der Waals surface area contributed by atoms with Crippen molar-refractivity contribution in [1.29, 1.82) is 0 Å². The van der Waals surface area contributed by atoms with Crippen LogP contribution >= 0.6 is 0 Å². The van der Waals surface area contributed by atoms with Gasteiger partial charge in [0.1, 0.15) is 0 Å². The number of ether oxygens (including phenoxy) is 1. The Morgan fingerprint density at radius 3 is 2.54 bits per heavy atom. The number of hydrogen-bond acceptors (Lipinski definition) is 5. The second-order valence-electron chi connectivity index (χ2n) is 7.66. The first-order valence-corrected chi connectivity index (χ1v) is 11.4. The molecule has 28 heavy (non-hydrogen) atoms. The summed E-state index contributed by atoms with van der Waals surface area (Å²) in [5.41, 5.74) is 3.45. The molecule has 1 aromatic carbocycles. The summed E-state index contributed by atoms with van der Waals surface area (Å²) in [4.78, 5) is 2.27. The Labute approximate surface area is 166 Å². The van der Waals surface area contributed by atoms with Crippen LogP contribution in [0.15, 0.2) is 36.7 Å². The summed E-state index contributed by atoms with van der Waals surface area (Å²) >= 11 is 0. The Hall–Kier alpha value is -1.74. The van der Waals surface area contributed by atoms with E-state index in [0.717, 1.165) is 37.1 Å². The maximum Gasteiger partial charge on any atom is 0.218 e. The summed E-state index contributed by atoms with van der Waals surface area (Å²) < 4.78 is 34.7. The number of hydrogen-bond donors (Lipinski definition) is 0. The van der Waals surface area contributed by atoms with Crippen LogP contribution in [-0.4, -0.2) is 72.0 Å². The number of likely N-dealkylation sites (tertiary alicyclic amines) is 1. The molecule has 2 aliphatic heterocycles. The number of aromatic nitrogens is 2. The van der Waals surface area contributed by atoms with Gasteiger partial charge in [0.2, 0.25) is 10.0 Å². The van der Waals surface area contributed by atoms with Crippen LogP contribution in [0.1, 0.15) is 18.4 Å². The molecule has 2 aromatic rings. The number of sulfonamides is 1. The van der Waals surface area contributed by atoms with Crippen molar-refractivity contribution in [3.63, 3.8) is 0 Å². The number of nitrogens with zero attached hydrogens (tertiary/aromatic N) is 4. The minimum atomic E-state index is -3.25. The first-order valence-electron chi connectivity index (χ1n) is 9.89. The lowest BCUT2D eigenvalue weighted by atomic mass is 10.1. The second-order valence-corrected chi connectivity index (χ2v) is 9.87. The topological polar surface area (TPSA) is 67.7 Å². The molecule has 0 radical (unpaired) electrons. The van der Waals surface area contributed by atoms with Crippen molar-refractivity contribution in [2.75, 3.05) is 39.4 Å². The fourth-order valence-corrected chi connectivity index (χ4v) is 5.99. The number of rotatable bonds is 5. The average Bonchev–Trinajstić information content (AvgIpc) is 3.16. The average molecular weight is 405 g/mol. The Balaban J connectivity index is 1.39. The first kappa shape index (κ1) is 19.6. The number of benzene rings is 1. The van der Waals surface area contributed by atoms with E-state index < -0.39 is 10.0 Å². The maximum atomic E-state index is 13.0. The van der Waals surface area contributed by atoms with Crippen LogP contribution < -0.4 is 0 Å². The van der Waals surface area contributed by atoms with Crippen LogP contribution in [0, 0.1) is 0 Å². The van der Waals surface area contributed by atoms with E-state index in [1.165, 1.54) is 5.56 Å². The molecule has 0 aliphatic carbocycles. The van der Waals surface area contributed by atoms with E-state index in [-0.39, 0.29) is 5.25 Å². The van der Waals surface area contributed by atoms with Crippen molar-refractivity contribution in [2.45, 2.75) is 24.6 Å². The van der Waals surface area contributed by atoms with Crippen LogP contribution in [0.2, 0.25) is 0 Å². The zero-order valence-electron chi connectivity index (χ0n) is 16.3. The summed E-state index contributed by atoms with van der Waals surface area (Å²) in [7, 11) is -1.34. The van der Waals surface area contributed by atoms with Gasteiger partial charge in [-0.05, 0) is 30.5 Å². The summed E-state index contributed by atoms with van der Waals surface area (Å²) in [6.07, 6.45) is 5.53. The Morgan fingerprint density at radius 1 is 1.11 bits per heavy atom. The highest BCUT2D eigenvalue weighted by atomic mass is 32.2. The molecule has 2 aliphatic rings. The molecule has 1 aromatic heterocycles. The van der Waals surface area contributed by atoms with E-state index in [1.807, 2.05) is 19.4 Å². The normalized spacial score (nSPS) is 22.4. The summed E-state index contributed by atoms with van der Waals surface area (Å²) in [6.45, 7) is 4.28. The van der Waals surface area contributed by atoms with E-state index >= 15 is 0 Å². The minimum Gasteiger partial charge on any atom is -0.379 e. The molecule has 0 spiro atoms. The van der Waals surface area contributed by atoms with Crippen LogP contribution in [0.4, 0.5) is 0 Å². The zero-order chi connectivity index (χ0) is 19.6. The highest BCUT2D eigenvalue weighted by Crippen LogP contribution is 2.24. The summed E-state index contributed by atoms with van der Waals surface area (Å²) in [5.74, 6) is 0. The minimum absolute atomic E-state index is 0.311. The second kappa shape index (κ2) is 8.32. The van der Waals surface area contributed by atoms with E-state index in [4.69, 9.17) is 4.74 Å². The highest BCUT2D eigenvalue weighted by molar-refractivity contribution is 7.89. The van der Waals surface area contributed by atoms with E-state index in [9.17, 15) is 8.42 Å². The van der Waals surface area contributed by atoms with Gasteiger partial charge in [-0.2, -0.15) is 9.40 Å². The van der Waals surface area contributed by atoms with Gasteiger partial charge in [-0.15, -0.1) is 0 Å².